The van der Waals surface area contributed by atoms with E-state index in [9.17, 15) is 13.2 Å². The van der Waals surface area contributed by atoms with Gasteiger partial charge in [0.05, 0.1) is 15.5 Å². The summed E-state index contributed by atoms with van der Waals surface area (Å²) in [7, 11) is -3.78. The van der Waals surface area contributed by atoms with E-state index in [0.29, 0.717) is 11.4 Å². The highest BCUT2D eigenvalue weighted by Gasteiger charge is 2.21. The number of thiophene rings is 1. The number of rotatable bonds is 4. The van der Waals surface area contributed by atoms with Gasteiger partial charge in [0.15, 0.2) is 5.69 Å². The summed E-state index contributed by atoms with van der Waals surface area (Å²) in [5, 5.41) is 14.7. The van der Waals surface area contributed by atoms with E-state index in [4.69, 9.17) is 10.9 Å². The fraction of sp³-hybridized carbons (Fsp3) is 0. The van der Waals surface area contributed by atoms with Crippen LogP contribution in [0.15, 0.2) is 46.7 Å². The Bertz CT molecular complexity index is 960. The Morgan fingerprint density at radius 1 is 1.17 bits per heavy atom. The zero-order chi connectivity index (χ0) is 16.6. The van der Waals surface area contributed by atoms with Gasteiger partial charge < -0.3 is 5.73 Å². The van der Waals surface area contributed by atoms with Crippen LogP contribution in [0.5, 0.6) is 0 Å². The highest BCUT2D eigenvalue weighted by molar-refractivity contribution is 7.89. The number of nitrogens with zero attached hydrogens (tertiary/aromatic N) is 3. The number of aromatic nitrogens is 3. The van der Waals surface area contributed by atoms with Crippen LogP contribution in [0.4, 0.5) is 0 Å². The standard InChI is InChI=1S/C13H11N5O3S2/c14-13(19)11-12(10-2-1-7-22-10)18(17-16-11)8-3-5-9(6-4-8)23(15,20)21/h1-7H,(H2,14,19)(H2,15,20,21). The second-order valence-corrected chi connectivity index (χ2v) is 7.09. The van der Waals surface area contributed by atoms with Crippen molar-refractivity contribution in [2.24, 2.45) is 10.9 Å². The second-order valence-electron chi connectivity index (χ2n) is 4.58. The molecular formula is C13H11N5O3S2. The molecular weight excluding hydrogens is 338 g/mol. The molecule has 2 aromatic heterocycles. The molecule has 0 saturated heterocycles. The molecule has 0 fully saturated rings. The van der Waals surface area contributed by atoms with Crippen molar-refractivity contribution in [3.05, 3.63) is 47.5 Å². The van der Waals surface area contributed by atoms with Gasteiger partial charge in [0.1, 0.15) is 5.69 Å². The number of carbonyl (C=O) groups is 1. The molecule has 0 aliphatic carbocycles. The lowest BCUT2D eigenvalue weighted by atomic mass is 10.2. The van der Waals surface area contributed by atoms with Crippen LogP contribution in [0, 0.1) is 0 Å². The molecule has 10 heteroatoms. The SMILES string of the molecule is NC(=O)c1nnn(-c2ccc(S(N)(=O)=O)cc2)c1-c1cccs1. The summed E-state index contributed by atoms with van der Waals surface area (Å²) in [6.45, 7) is 0. The van der Waals surface area contributed by atoms with Gasteiger partial charge in [0, 0.05) is 0 Å². The molecule has 0 aliphatic heterocycles. The lowest BCUT2D eigenvalue weighted by molar-refractivity contribution is 0.0996. The molecule has 2 heterocycles. The smallest absolute Gasteiger partial charge is 0.271 e. The van der Waals surface area contributed by atoms with Gasteiger partial charge in [-0.05, 0) is 35.7 Å². The maximum absolute atomic E-state index is 11.6. The molecule has 1 amide bonds. The van der Waals surface area contributed by atoms with Crippen LogP contribution < -0.4 is 10.9 Å². The first kappa shape index (κ1) is 15.3. The van der Waals surface area contributed by atoms with Crippen molar-refractivity contribution in [3.8, 4) is 16.3 Å². The number of sulfonamides is 1. The maximum atomic E-state index is 11.6. The summed E-state index contributed by atoms with van der Waals surface area (Å²) in [6, 6.07) is 9.40. The van der Waals surface area contributed by atoms with Gasteiger partial charge >= 0.3 is 0 Å². The molecule has 3 rings (SSSR count). The van der Waals surface area contributed by atoms with Gasteiger partial charge in [-0.15, -0.1) is 16.4 Å². The van der Waals surface area contributed by atoms with Crippen molar-refractivity contribution < 1.29 is 13.2 Å². The Labute approximate surface area is 135 Å². The molecule has 0 atom stereocenters. The first-order valence-corrected chi connectivity index (χ1v) is 8.73. The second kappa shape index (κ2) is 5.57. The van der Waals surface area contributed by atoms with E-state index < -0.39 is 15.9 Å². The zero-order valence-corrected chi connectivity index (χ0v) is 13.2. The van der Waals surface area contributed by atoms with E-state index >= 15 is 0 Å². The van der Waals surface area contributed by atoms with E-state index in [1.807, 2.05) is 17.5 Å². The van der Waals surface area contributed by atoms with E-state index in [1.165, 1.54) is 40.3 Å². The summed E-state index contributed by atoms with van der Waals surface area (Å²) < 4.78 is 24.1. The lowest BCUT2D eigenvalue weighted by Crippen LogP contribution is -2.13. The molecule has 0 aliphatic rings. The van der Waals surface area contributed by atoms with Crippen LogP contribution in [0.25, 0.3) is 16.3 Å². The summed E-state index contributed by atoms with van der Waals surface area (Å²) in [5.41, 5.74) is 6.37. The average Bonchev–Trinajstić information content (AvgIpc) is 3.15. The monoisotopic (exact) mass is 349 g/mol. The summed E-state index contributed by atoms with van der Waals surface area (Å²) in [4.78, 5) is 12.3. The number of nitrogens with two attached hydrogens (primary N) is 2. The molecule has 4 N–H and O–H groups in total. The third-order valence-corrected chi connectivity index (χ3v) is 4.87. The quantitative estimate of drug-likeness (QED) is 0.716. The zero-order valence-electron chi connectivity index (χ0n) is 11.6. The predicted octanol–water partition coefficient (Wildman–Crippen LogP) is 0.742. The third kappa shape index (κ3) is 2.86. The molecule has 3 aromatic rings. The largest absolute Gasteiger partial charge is 0.364 e. The van der Waals surface area contributed by atoms with Gasteiger partial charge in [0.25, 0.3) is 5.91 Å². The van der Waals surface area contributed by atoms with Crippen molar-refractivity contribution in [1.82, 2.24) is 15.0 Å². The minimum atomic E-state index is -3.78. The molecule has 8 nitrogen and oxygen atoms in total. The minimum Gasteiger partial charge on any atom is -0.364 e. The Morgan fingerprint density at radius 3 is 2.39 bits per heavy atom. The number of amides is 1. The van der Waals surface area contributed by atoms with Crippen LogP contribution in [-0.4, -0.2) is 29.3 Å². The van der Waals surface area contributed by atoms with Crippen LogP contribution in [0.1, 0.15) is 10.5 Å². The van der Waals surface area contributed by atoms with Crippen molar-refractivity contribution in [3.63, 3.8) is 0 Å². The summed E-state index contributed by atoms with van der Waals surface area (Å²) in [5.74, 6) is -0.694. The van der Waals surface area contributed by atoms with Gasteiger partial charge in [0.2, 0.25) is 10.0 Å². The fourth-order valence-corrected chi connectivity index (χ4v) is 3.31. The van der Waals surface area contributed by atoms with Crippen molar-refractivity contribution in [1.29, 1.82) is 0 Å². The third-order valence-electron chi connectivity index (χ3n) is 3.07. The minimum absolute atomic E-state index is 0.0193. The molecule has 0 unspecified atom stereocenters. The van der Waals surface area contributed by atoms with E-state index in [0.717, 1.165) is 4.88 Å². The molecule has 118 valence electrons. The molecule has 0 radical (unpaired) electrons. The van der Waals surface area contributed by atoms with Crippen LogP contribution in [0.2, 0.25) is 0 Å². The van der Waals surface area contributed by atoms with Crippen molar-refractivity contribution in [2.45, 2.75) is 4.90 Å². The van der Waals surface area contributed by atoms with Gasteiger partial charge in [-0.3, -0.25) is 4.79 Å². The maximum Gasteiger partial charge on any atom is 0.271 e. The Hall–Kier alpha value is -2.56. The number of hydrogen-bond donors (Lipinski definition) is 2. The van der Waals surface area contributed by atoms with E-state index in [-0.39, 0.29) is 10.6 Å². The Balaban J connectivity index is 2.16. The number of primary amides is 1. The predicted molar refractivity (Wildman–Crippen MR) is 84.6 cm³/mol. The lowest BCUT2D eigenvalue weighted by Gasteiger charge is -2.06. The highest BCUT2D eigenvalue weighted by atomic mass is 32.2. The van der Waals surface area contributed by atoms with Crippen molar-refractivity contribution in [2.75, 3.05) is 0 Å². The highest BCUT2D eigenvalue weighted by Crippen LogP contribution is 2.29. The Kier molecular flexibility index (Phi) is 3.72. The van der Waals surface area contributed by atoms with Crippen LogP contribution in [-0.2, 0) is 10.0 Å². The van der Waals surface area contributed by atoms with Gasteiger partial charge in [-0.25, -0.2) is 18.2 Å². The molecule has 23 heavy (non-hydrogen) atoms. The first-order chi connectivity index (χ1) is 10.9. The fourth-order valence-electron chi connectivity index (χ4n) is 2.04. The van der Waals surface area contributed by atoms with E-state index in [1.54, 1.807) is 0 Å². The molecule has 0 spiro atoms. The van der Waals surface area contributed by atoms with Crippen molar-refractivity contribution >= 4 is 27.3 Å². The van der Waals surface area contributed by atoms with Gasteiger partial charge in [-0.2, -0.15) is 0 Å². The summed E-state index contributed by atoms with van der Waals surface area (Å²) in [6.07, 6.45) is 0. The average molecular weight is 349 g/mol. The van der Waals surface area contributed by atoms with Gasteiger partial charge in [-0.1, -0.05) is 11.3 Å². The normalized spacial score (nSPS) is 11.5. The van der Waals surface area contributed by atoms with Crippen LogP contribution in [0.3, 0.4) is 0 Å². The molecule has 1 aromatic carbocycles. The molecule has 0 saturated carbocycles. The Morgan fingerprint density at radius 2 is 1.87 bits per heavy atom. The number of benzene rings is 1. The number of hydrogen-bond acceptors (Lipinski definition) is 6. The number of carbonyl (C=O) groups excluding carboxylic acids is 1. The first-order valence-electron chi connectivity index (χ1n) is 6.30. The van der Waals surface area contributed by atoms with Crippen LogP contribution >= 0.6 is 11.3 Å². The number of primary sulfonamides is 1. The topological polar surface area (TPSA) is 134 Å². The summed E-state index contributed by atoms with van der Waals surface area (Å²) >= 11 is 1.40. The molecule has 0 bridgehead atoms. The van der Waals surface area contributed by atoms with E-state index in [2.05, 4.69) is 10.3 Å².